The fourth-order valence-electron chi connectivity index (χ4n) is 2.87. The Bertz CT molecular complexity index is 943. The molecule has 3 rings (SSSR count). The van der Waals surface area contributed by atoms with Crippen molar-refractivity contribution in [2.75, 3.05) is 0 Å². The predicted octanol–water partition coefficient (Wildman–Crippen LogP) is 4.38. The molecule has 28 heavy (non-hydrogen) atoms. The van der Waals surface area contributed by atoms with Gasteiger partial charge in [-0.15, -0.1) is 0 Å². The van der Waals surface area contributed by atoms with Gasteiger partial charge in [0.2, 0.25) is 0 Å². The van der Waals surface area contributed by atoms with Crippen LogP contribution in [0.25, 0.3) is 11.3 Å². The molecule has 1 heterocycles. The number of benzene rings is 2. The standard InChI is InChI=1S/C24H26N2O2/c1-24(2,3)23(28)14-20-21(13-17-7-5-4-6-8-17)26-22(15-25-20)19-11-9-18(16-27)10-12-19/h4-12,15,27H,13-14,16H2,1-3H3. The van der Waals surface area contributed by atoms with Gasteiger partial charge in [0.1, 0.15) is 5.78 Å². The third kappa shape index (κ3) is 4.90. The number of nitrogens with zero attached hydrogens (tertiary/aromatic N) is 2. The number of Topliss-reactive ketones (excluding diaryl/α,β-unsaturated/α-hetero) is 1. The van der Waals surface area contributed by atoms with Crippen molar-refractivity contribution in [3.05, 3.63) is 83.3 Å². The van der Waals surface area contributed by atoms with Crippen molar-refractivity contribution in [2.24, 2.45) is 5.41 Å². The van der Waals surface area contributed by atoms with Gasteiger partial charge < -0.3 is 5.11 Å². The molecular formula is C24H26N2O2. The number of aromatic nitrogens is 2. The summed E-state index contributed by atoms with van der Waals surface area (Å²) in [4.78, 5) is 22.0. The average molecular weight is 374 g/mol. The summed E-state index contributed by atoms with van der Waals surface area (Å²) < 4.78 is 0. The summed E-state index contributed by atoms with van der Waals surface area (Å²) in [5, 5.41) is 9.23. The van der Waals surface area contributed by atoms with Crippen LogP contribution in [-0.2, 0) is 24.2 Å². The normalized spacial score (nSPS) is 11.4. The van der Waals surface area contributed by atoms with E-state index in [2.05, 4.69) is 17.1 Å². The fourth-order valence-corrected chi connectivity index (χ4v) is 2.87. The van der Waals surface area contributed by atoms with Gasteiger partial charge in [-0.1, -0.05) is 75.4 Å². The number of aliphatic hydroxyl groups is 1. The van der Waals surface area contributed by atoms with Crippen molar-refractivity contribution in [3.8, 4) is 11.3 Å². The summed E-state index contributed by atoms with van der Waals surface area (Å²) in [6, 6.07) is 17.7. The van der Waals surface area contributed by atoms with Crippen LogP contribution in [0.4, 0.5) is 0 Å². The molecule has 0 unspecified atom stereocenters. The first-order valence-corrected chi connectivity index (χ1v) is 9.49. The monoisotopic (exact) mass is 374 g/mol. The lowest BCUT2D eigenvalue weighted by Crippen LogP contribution is -2.23. The molecule has 0 amide bonds. The number of hydrogen-bond donors (Lipinski definition) is 1. The topological polar surface area (TPSA) is 63.1 Å². The largest absolute Gasteiger partial charge is 0.392 e. The minimum atomic E-state index is -0.412. The van der Waals surface area contributed by atoms with Crippen LogP contribution >= 0.6 is 0 Å². The van der Waals surface area contributed by atoms with Crippen LogP contribution in [0.2, 0.25) is 0 Å². The fraction of sp³-hybridized carbons (Fsp3) is 0.292. The van der Waals surface area contributed by atoms with Gasteiger partial charge in [-0.25, -0.2) is 4.98 Å². The molecule has 1 aromatic heterocycles. The Kier molecular flexibility index (Phi) is 6.00. The summed E-state index contributed by atoms with van der Waals surface area (Å²) in [7, 11) is 0. The molecular weight excluding hydrogens is 348 g/mol. The van der Waals surface area contributed by atoms with Crippen LogP contribution in [0.3, 0.4) is 0 Å². The number of aliphatic hydroxyl groups excluding tert-OH is 1. The molecule has 144 valence electrons. The highest BCUT2D eigenvalue weighted by Gasteiger charge is 2.23. The molecule has 0 saturated carbocycles. The maximum Gasteiger partial charge on any atom is 0.144 e. The van der Waals surface area contributed by atoms with Crippen molar-refractivity contribution in [1.82, 2.24) is 9.97 Å². The number of carbonyl (C=O) groups excluding carboxylic acids is 1. The Morgan fingerprint density at radius 1 is 0.929 bits per heavy atom. The zero-order valence-electron chi connectivity index (χ0n) is 16.6. The summed E-state index contributed by atoms with van der Waals surface area (Å²) in [6.45, 7) is 5.79. The molecule has 0 fully saturated rings. The highest BCUT2D eigenvalue weighted by atomic mass is 16.3. The second-order valence-electron chi connectivity index (χ2n) is 8.02. The molecule has 0 saturated heterocycles. The molecule has 1 N–H and O–H groups in total. The minimum Gasteiger partial charge on any atom is -0.392 e. The van der Waals surface area contributed by atoms with E-state index in [0.717, 1.165) is 33.8 Å². The van der Waals surface area contributed by atoms with Gasteiger partial charge in [0.25, 0.3) is 0 Å². The van der Waals surface area contributed by atoms with E-state index in [-0.39, 0.29) is 18.8 Å². The van der Waals surface area contributed by atoms with Crippen LogP contribution in [0.5, 0.6) is 0 Å². The molecule has 3 aromatic rings. The summed E-state index contributed by atoms with van der Waals surface area (Å²) in [5.74, 6) is 0.149. The second-order valence-corrected chi connectivity index (χ2v) is 8.02. The maximum atomic E-state index is 12.6. The van der Waals surface area contributed by atoms with Crippen molar-refractivity contribution in [2.45, 2.75) is 40.2 Å². The summed E-state index contributed by atoms with van der Waals surface area (Å²) in [6.07, 6.45) is 2.64. The Morgan fingerprint density at radius 3 is 2.21 bits per heavy atom. The quantitative estimate of drug-likeness (QED) is 0.695. The number of carbonyl (C=O) groups is 1. The van der Waals surface area contributed by atoms with Gasteiger partial charge in [0.15, 0.2) is 0 Å². The Balaban J connectivity index is 1.98. The van der Waals surface area contributed by atoms with Gasteiger partial charge in [0, 0.05) is 17.4 Å². The minimum absolute atomic E-state index is 0.0130. The van der Waals surface area contributed by atoms with Gasteiger partial charge in [-0.05, 0) is 11.1 Å². The average Bonchev–Trinajstić information content (AvgIpc) is 2.69. The van der Waals surface area contributed by atoms with Crippen LogP contribution < -0.4 is 0 Å². The maximum absolute atomic E-state index is 12.6. The molecule has 0 atom stereocenters. The molecule has 0 aliphatic rings. The second kappa shape index (κ2) is 8.44. The smallest absolute Gasteiger partial charge is 0.144 e. The SMILES string of the molecule is CC(C)(C)C(=O)Cc1ncc(-c2ccc(CO)cc2)nc1Cc1ccccc1. The van der Waals surface area contributed by atoms with E-state index in [9.17, 15) is 9.90 Å². The molecule has 4 heteroatoms. The first-order chi connectivity index (χ1) is 13.4. The molecule has 0 spiro atoms. The Hall–Kier alpha value is -2.85. The highest BCUT2D eigenvalue weighted by molar-refractivity contribution is 5.85. The van der Waals surface area contributed by atoms with E-state index < -0.39 is 5.41 Å². The van der Waals surface area contributed by atoms with Gasteiger partial charge in [-0.3, -0.25) is 9.78 Å². The lowest BCUT2D eigenvalue weighted by molar-refractivity contribution is -0.125. The third-order valence-electron chi connectivity index (χ3n) is 4.74. The van der Waals surface area contributed by atoms with E-state index in [1.807, 2.05) is 63.2 Å². The first kappa shape index (κ1) is 19.9. The molecule has 0 radical (unpaired) electrons. The van der Waals surface area contributed by atoms with Crippen LogP contribution in [0.15, 0.2) is 60.8 Å². The Morgan fingerprint density at radius 2 is 1.61 bits per heavy atom. The predicted molar refractivity (Wildman–Crippen MR) is 111 cm³/mol. The van der Waals surface area contributed by atoms with E-state index in [1.165, 1.54) is 0 Å². The van der Waals surface area contributed by atoms with Crippen molar-refractivity contribution in [1.29, 1.82) is 0 Å². The zero-order chi connectivity index (χ0) is 20.1. The van der Waals surface area contributed by atoms with Crippen molar-refractivity contribution < 1.29 is 9.90 Å². The lowest BCUT2D eigenvalue weighted by Gasteiger charge is -2.17. The van der Waals surface area contributed by atoms with Gasteiger partial charge in [-0.2, -0.15) is 0 Å². The van der Waals surface area contributed by atoms with E-state index in [1.54, 1.807) is 6.20 Å². The first-order valence-electron chi connectivity index (χ1n) is 9.49. The summed E-state index contributed by atoms with van der Waals surface area (Å²) >= 11 is 0. The van der Waals surface area contributed by atoms with Crippen molar-refractivity contribution in [3.63, 3.8) is 0 Å². The highest BCUT2D eigenvalue weighted by Crippen LogP contribution is 2.23. The Labute approximate surface area is 166 Å². The lowest BCUT2D eigenvalue weighted by atomic mass is 9.87. The number of rotatable bonds is 6. The number of hydrogen-bond acceptors (Lipinski definition) is 4. The van der Waals surface area contributed by atoms with Gasteiger partial charge >= 0.3 is 0 Å². The van der Waals surface area contributed by atoms with Crippen molar-refractivity contribution >= 4 is 5.78 Å². The van der Waals surface area contributed by atoms with E-state index in [0.29, 0.717) is 6.42 Å². The van der Waals surface area contributed by atoms with Crippen LogP contribution in [0.1, 0.15) is 43.3 Å². The molecule has 4 nitrogen and oxygen atoms in total. The number of ketones is 1. The van der Waals surface area contributed by atoms with E-state index >= 15 is 0 Å². The van der Waals surface area contributed by atoms with E-state index in [4.69, 9.17) is 4.98 Å². The molecule has 0 aliphatic carbocycles. The zero-order valence-corrected chi connectivity index (χ0v) is 16.6. The van der Waals surface area contributed by atoms with Gasteiger partial charge in [0.05, 0.1) is 36.3 Å². The van der Waals surface area contributed by atoms with Crippen LogP contribution in [0, 0.1) is 5.41 Å². The summed E-state index contributed by atoms with van der Waals surface area (Å²) in [5.41, 5.74) is 4.84. The molecule has 0 aliphatic heterocycles. The third-order valence-corrected chi connectivity index (χ3v) is 4.74. The van der Waals surface area contributed by atoms with Crippen LogP contribution in [-0.4, -0.2) is 20.9 Å². The molecule has 2 aromatic carbocycles. The molecule has 0 bridgehead atoms.